The number of carbonyl (C=O) groups excluding carboxylic acids is 1. The van der Waals surface area contributed by atoms with Crippen LogP contribution in [-0.4, -0.2) is 49.6 Å². The van der Waals surface area contributed by atoms with Crippen molar-refractivity contribution in [2.45, 2.75) is 32.7 Å². The van der Waals surface area contributed by atoms with Gasteiger partial charge in [0.1, 0.15) is 0 Å². The number of rotatable bonds is 5. The molecule has 1 fully saturated rings. The molecule has 0 unspecified atom stereocenters. The summed E-state index contributed by atoms with van der Waals surface area (Å²) in [6.07, 6.45) is 2.20. The molecule has 4 nitrogen and oxygen atoms in total. The molecule has 0 aromatic heterocycles. The van der Waals surface area contributed by atoms with Crippen molar-refractivity contribution < 1.29 is 4.79 Å². The first kappa shape index (κ1) is 12.5. The van der Waals surface area contributed by atoms with Crippen molar-refractivity contribution in [3.05, 3.63) is 0 Å². The summed E-state index contributed by atoms with van der Waals surface area (Å²) in [5.41, 5.74) is 0. The van der Waals surface area contributed by atoms with E-state index in [1.165, 1.54) is 0 Å². The van der Waals surface area contributed by atoms with Crippen LogP contribution >= 0.6 is 0 Å². The Labute approximate surface area is 92.4 Å². The Morgan fingerprint density at radius 1 is 1.60 bits per heavy atom. The fraction of sp³-hybridized carbons (Fsp3) is 0.909. The molecule has 1 rings (SSSR count). The molecule has 0 bridgehead atoms. The Balaban J connectivity index is 2.18. The van der Waals surface area contributed by atoms with Gasteiger partial charge < -0.3 is 10.6 Å². The minimum atomic E-state index is 0.164. The maximum absolute atomic E-state index is 11.6. The van der Waals surface area contributed by atoms with Gasteiger partial charge in [0.25, 0.3) is 0 Å². The lowest BCUT2D eigenvalue weighted by Gasteiger charge is -2.33. The zero-order valence-electron chi connectivity index (χ0n) is 9.88. The number of nitrogens with one attached hydrogen (secondary N) is 2. The van der Waals surface area contributed by atoms with Crippen LogP contribution in [0.1, 0.15) is 26.7 Å². The molecule has 1 saturated heterocycles. The molecule has 0 saturated carbocycles. The highest BCUT2D eigenvalue weighted by atomic mass is 16.2. The molecule has 0 spiro atoms. The van der Waals surface area contributed by atoms with Gasteiger partial charge in [-0.1, -0.05) is 13.3 Å². The van der Waals surface area contributed by atoms with Crippen LogP contribution in [-0.2, 0) is 4.79 Å². The zero-order chi connectivity index (χ0) is 11.1. The predicted molar refractivity (Wildman–Crippen MR) is 61.8 cm³/mol. The van der Waals surface area contributed by atoms with Crippen molar-refractivity contribution in [3.63, 3.8) is 0 Å². The average Bonchev–Trinajstić information content (AvgIpc) is 2.22. The van der Waals surface area contributed by atoms with E-state index in [0.29, 0.717) is 12.6 Å². The molecule has 4 heteroatoms. The minimum Gasteiger partial charge on any atom is -0.355 e. The predicted octanol–water partition coefficient (Wildman–Crippen LogP) is 0.196. The van der Waals surface area contributed by atoms with Crippen LogP contribution in [0.5, 0.6) is 0 Å². The van der Waals surface area contributed by atoms with E-state index in [2.05, 4.69) is 29.4 Å². The molecule has 0 aliphatic carbocycles. The quantitative estimate of drug-likeness (QED) is 0.641. The van der Waals surface area contributed by atoms with Gasteiger partial charge in [-0.15, -0.1) is 0 Å². The average molecular weight is 213 g/mol. The summed E-state index contributed by atoms with van der Waals surface area (Å²) < 4.78 is 0. The van der Waals surface area contributed by atoms with Gasteiger partial charge in [0, 0.05) is 32.2 Å². The van der Waals surface area contributed by atoms with E-state index in [0.717, 1.165) is 39.0 Å². The van der Waals surface area contributed by atoms with Gasteiger partial charge in [-0.05, 0) is 13.3 Å². The summed E-state index contributed by atoms with van der Waals surface area (Å²) >= 11 is 0. The molecule has 1 amide bonds. The van der Waals surface area contributed by atoms with Gasteiger partial charge in [-0.3, -0.25) is 9.69 Å². The standard InChI is InChI=1S/C11H23N3O/c1-3-4-5-13-11(15)9-14-7-6-12-8-10(14)2/h10,12H,3-9H2,1-2H3,(H,13,15)/t10-/m1/s1. The third kappa shape index (κ3) is 4.62. The maximum Gasteiger partial charge on any atom is 0.234 e. The summed E-state index contributed by atoms with van der Waals surface area (Å²) in [6, 6.07) is 0.468. The Hall–Kier alpha value is -0.610. The van der Waals surface area contributed by atoms with Crippen LogP contribution in [0.3, 0.4) is 0 Å². The van der Waals surface area contributed by atoms with E-state index in [1.807, 2.05) is 0 Å². The molecule has 1 atom stereocenters. The van der Waals surface area contributed by atoms with E-state index < -0.39 is 0 Å². The van der Waals surface area contributed by atoms with E-state index in [4.69, 9.17) is 0 Å². The Morgan fingerprint density at radius 2 is 2.40 bits per heavy atom. The fourth-order valence-corrected chi connectivity index (χ4v) is 1.76. The summed E-state index contributed by atoms with van der Waals surface area (Å²) in [4.78, 5) is 13.8. The van der Waals surface area contributed by atoms with Crippen LogP contribution < -0.4 is 10.6 Å². The number of hydrogen-bond donors (Lipinski definition) is 2. The molecule has 0 aromatic carbocycles. The van der Waals surface area contributed by atoms with Gasteiger partial charge in [0.05, 0.1) is 6.54 Å². The van der Waals surface area contributed by atoms with Gasteiger partial charge in [0.15, 0.2) is 0 Å². The summed E-state index contributed by atoms with van der Waals surface area (Å²) in [5.74, 6) is 0.164. The van der Waals surface area contributed by atoms with E-state index in [9.17, 15) is 4.79 Å². The Morgan fingerprint density at radius 3 is 3.07 bits per heavy atom. The van der Waals surface area contributed by atoms with E-state index in [1.54, 1.807) is 0 Å². The van der Waals surface area contributed by atoms with Gasteiger partial charge in [-0.25, -0.2) is 0 Å². The summed E-state index contributed by atoms with van der Waals surface area (Å²) in [7, 11) is 0. The maximum atomic E-state index is 11.6. The molecule has 0 aromatic rings. The number of unbranched alkanes of at least 4 members (excludes halogenated alkanes) is 1. The number of hydrogen-bond acceptors (Lipinski definition) is 3. The first-order valence-electron chi connectivity index (χ1n) is 5.95. The summed E-state index contributed by atoms with van der Waals surface area (Å²) in [6.45, 7) is 8.61. The largest absolute Gasteiger partial charge is 0.355 e. The SMILES string of the molecule is CCCCNC(=O)CN1CCNC[C@H]1C. The van der Waals surface area contributed by atoms with Crippen LogP contribution in [0.25, 0.3) is 0 Å². The smallest absolute Gasteiger partial charge is 0.234 e. The van der Waals surface area contributed by atoms with Gasteiger partial charge in [0.2, 0.25) is 5.91 Å². The highest BCUT2D eigenvalue weighted by Gasteiger charge is 2.19. The topological polar surface area (TPSA) is 44.4 Å². The normalized spacial score (nSPS) is 22.7. The monoisotopic (exact) mass is 213 g/mol. The molecular formula is C11H23N3O. The number of nitrogens with zero attached hydrogens (tertiary/aromatic N) is 1. The number of carbonyl (C=O) groups is 1. The molecule has 2 N–H and O–H groups in total. The first-order chi connectivity index (χ1) is 7.24. The molecule has 0 radical (unpaired) electrons. The van der Waals surface area contributed by atoms with Crippen molar-refractivity contribution in [1.82, 2.24) is 15.5 Å². The van der Waals surface area contributed by atoms with Gasteiger partial charge in [-0.2, -0.15) is 0 Å². The molecule has 1 aliphatic rings. The fourth-order valence-electron chi connectivity index (χ4n) is 1.76. The van der Waals surface area contributed by atoms with Crippen LogP contribution in [0, 0.1) is 0 Å². The van der Waals surface area contributed by atoms with E-state index in [-0.39, 0.29) is 5.91 Å². The van der Waals surface area contributed by atoms with Crippen molar-refractivity contribution >= 4 is 5.91 Å². The summed E-state index contributed by atoms with van der Waals surface area (Å²) in [5, 5.41) is 6.27. The van der Waals surface area contributed by atoms with Crippen LogP contribution in [0.4, 0.5) is 0 Å². The third-order valence-electron chi connectivity index (χ3n) is 2.84. The Kier molecular flexibility index (Phi) is 5.65. The lowest BCUT2D eigenvalue weighted by molar-refractivity contribution is -0.122. The molecule has 15 heavy (non-hydrogen) atoms. The second-order valence-electron chi connectivity index (χ2n) is 4.23. The first-order valence-corrected chi connectivity index (χ1v) is 5.95. The number of piperazine rings is 1. The third-order valence-corrected chi connectivity index (χ3v) is 2.84. The lowest BCUT2D eigenvalue weighted by atomic mass is 10.2. The molecule has 1 heterocycles. The highest BCUT2D eigenvalue weighted by molar-refractivity contribution is 5.78. The van der Waals surface area contributed by atoms with Crippen molar-refractivity contribution in [2.24, 2.45) is 0 Å². The minimum absolute atomic E-state index is 0.164. The lowest BCUT2D eigenvalue weighted by Crippen LogP contribution is -2.52. The van der Waals surface area contributed by atoms with Crippen molar-refractivity contribution in [1.29, 1.82) is 0 Å². The zero-order valence-corrected chi connectivity index (χ0v) is 9.88. The van der Waals surface area contributed by atoms with Crippen molar-refractivity contribution in [3.8, 4) is 0 Å². The van der Waals surface area contributed by atoms with Crippen LogP contribution in [0.15, 0.2) is 0 Å². The molecular weight excluding hydrogens is 190 g/mol. The van der Waals surface area contributed by atoms with Crippen molar-refractivity contribution in [2.75, 3.05) is 32.7 Å². The van der Waals surface area contributed by atoms with E-state index >= 15 is 0 Å². The highest BCUT2D eigenvalue weighted by Crippen LogP contribution is 2.00. The van der Waals surface area contributed by atoms with Crippen LogP contribution in [0.2, 0.25) is 0 Å². The van der Waals surface area contributed by atoms with Gasteiger partial charge >= 0.3 is 0 Å². The number of amides is 1. The second kappa shape index (κ2) is 6.80. The molecule has 88 valence electrons. The second-order valence-corrected chi connectivity index (χ2v) is 4.23. The molecule has 1 aliphatic heterocycles. The Bertz CT molecular complexity index is 196.